The van der Waals surface area contributed by atoms with E-state index in [-0.39, 0.29) is 0 Å². The highest BCUT2D eigenvalue weighted by molar-refractivity contribution is 7.12. The summed E-state index contributed by atoms with van der Waals surface area (Å²) in [5.41, 5.74) is 2.55. The van der Waals surface area contributed by atoms with Crippen molar-refractivity contribution in [3.8, 4) is 11.3 Å². The first-order chi connectivity index (χ1) is 7.09. The average molecular weight is 220 g/mol. The zero-order chi connectivity index (χ0) is 11.0. The Morgan fingerprint density at radius 2 is 2.07 bits per heavy atom. The highest BCUT2D eigenvalue weighted by atomic mass is 32.1. The van der Waals surface area contributed by atoms with Crippen LogP contribution in [-0.2, 0) is 0 Å². The smallest absolute Gasteiger partial charge is 0.0696 e. The minimum Gasteiger partial charge on any atom is -0.262 e. The van der Waals surface area contributed by atoms with Gasteiger partial charge in [0.25, 0.3) is 0 Å². The number of hydrogen-bond donors (Lipinski definition) is 0. The van der Waals surface area contributed by atoms with Crippen LogP contribution >= 0.6 is 11.3 Å². The Kier molecular flexibility index (Phi) is 2.65. The molecule has 0 aliphatic carbocycles. The Hall–Kier alpha value is -1.09. The van der Waals surface area contributed by atoms with Crippen LogP contribution in [0.4, 0.5) is 0 Å². The first kappa shape index (κ1) is 10.4. The third kappa shape index (κ3) is 1.84. The van der Waals surface area contributed by atoms with Crippen LogP contribution in [-0.4, -0.2) is 9.78 Å². The molecule has 80 valence electrons. The zero-order valence-corrected chi connectivity index (χ0v) is 10.4. The number of aromatic nitrogens is 2. The summed E-state index contributed by atoms with van der Waals surface area (Å²) in [5, 5.41) is 4.36. The Balaban J connectivity index is 2.54. The number of rotatable bonds is 2. The van der Waals surface area contributed by atoms with Crippen molar-refractivity contribution in [2.24, 2.45) is 0 Å². The first-order valence-electron chi connectivity index (χ1n) is 5.20. The van der Waals surface area contributed by atoms with Gasteiger partial charge in [-0.15, -0.1) is 11.3 Å². The van der Waals surface area contributed by atoms with Gasteiger partial charge in [-0.2, -0.15) is 5.10 Å². The summed E-state index contributed by atoms with van der Waals surface area (Å²) in [6, 6.07) is 4.75. The van der Waals surface area contributed by atoms with E-state index in [4.69, 9.17) is 0 Å². The van der Waals surface area contributed by atoms with Gasteiger partial charge in [0, 0.05) is 27.6 Å². The van der Waals surface area contributed by atoms with Crippen molar-refractivity contribution in [3.63, 3.8) is 0 Å². The maximum Gasteiger partial charge on any atom is 0.0696 e. The van der Waals surface area contributed by atoms with E-state index in [0.29, 0.717) is 6.04 Å². The van der Waals surface area contributed by atoms with Crippen LogP contribution in [0.1, 0.15) is 29.6 Å². The molecule has 0 radical (unpaired) electrons. The van der Waals surface area contributed by atoms with Crippen molar-refractivity contribution in [2.75, 3.05) is 0 Å². The molecule has 2 rings (SSSR count). The van der Waals surface area contributed by atoms with E-state index in [1.165, 1.54) is 21.0 Å². The molecule has 2 heterocycles. The van der Waals surface area contributed by atoms with Gasteiger partial charge in [-0.3, -0.25) is 4.68 Å². The van der Waals surface area contributed by atoms with Crippen molar-refractivity contribution in [1.82, 2.24) is 9.78 Å². The second-order valence-electron chi connectivity index (χ2n) is 4.08. The molecule has 0 N–H and O–H groups in total. The Morgan fingerprint density at radius 3 is 2.60 bits per heavy atom. The lowest BCUT2D eigenvalue weighted by Gasteiger charge is -2.10. The lowest BCUT2D eigenvalue weighted by Crippen LogP contribution is -2.04. The highest BCUT2D eigenvalue weighted by Gasteiger charge is 2.12. The zero-order valence-electron chi connectivity index (χ0n) is 9.61. The molecular weight excluding hydrogens is 204 g/mol. The minimum atomic E-state index is 0.412. The number of aryl methyl sites for hydroxylation is 2. The van der Waals surface area contributed by atoms with Crippen molar-refractivity contribution >= 4 is 11.3 Å². The van der Waals surface area contributed by atoms with E-state index in [9.17, 15) is 0 Å². The summed E-state index contributed by atoms with van der Waals surface area (Å²) in [6.07, 6.45) is 1.88. The third-order valence-corrected chi connectivity index (χ3v) is 3.44. The molecule has 0 atom stereocenters. The molecule has 0 saturated carbocycles. The van der Waals surface area contributed by atoms with Crippen molar-refractivity contribution in [1.29, 1.82) is 0 Å². The molecule has 0 amide bonds. The average Bonchev–Trinajstić information content (AvgIpc) is 2.71. The fourth-order valence-corrected chi connectivity index (χ4v) is 2.76. The Labute approximate surface area is 94.6 Å². The Bertz CT molecular complexity index is 466. The van der Waals surface area contributed by atoms with E-state index < -0.39 is 0 Å². The lowest BCUT2D eigenvalue weighted by molar-refractivity contribution is 0.538. The van der Waals surface area contributed by atoms with E-state index in [1.807, 2.05) is 17.5 Å². The van der Waals surface area contributed by atoms with E-state index in [2.05, 4.69) is 49.6 Å². The summed E-state index contributed by atoms with van der Waals surface area (Å²) in [7, 11) is 0. The van der Waals surface area contributed by atoms with Gasteiger partial charge >= 0.3 is 0 Å². The fourth-order valence-electron chi connectivity index (χ4n) is 1.82. The topological polar surface area (TPSA) is 17.8 Å². The molecule has 3 heteroatoms. The van der Waals surface area contributed by atoms with E-state index in [0.717, 1.165) is 0 Å². The second kappa shape index (κ2) is 3.81. The van der Waals surface area contributed by atoms with Gasteiger partial charge in [-0.05, 0) is 39.8 Å². The van der Waals surface area contributed by atoms with Gasteiger partial charge in [-0.1, -0.05) is 0 Å². The summed E-state index contributed by atoms with van der Waals surface area (Å²) in [4.78, 5) is 2.73. The molecule has 0 spiro atoms. The first-order valence-corrected chi connectivity index (χ1v) is 6.02. The van der Waals surface area contributed by atoms with Gasteiger partial charge in [0.2, 0.25) is 0 Å². The van der Waals surface area contributed by atoms with E-state index >= 15 is 0 Å². The number of nitrogens with zero attached hydrogens (tertiary/aromatic N) is 2. The summed E-state index contributed by atoms with van der Waals surface area (Å²) in [6.45, 7) is 8.64. The van der Waals surface area contributed by atoms with Gasteiger partial charge in [0.1, 0.15) is 0 Å². The van der Waals surface area contributed by atoms with Crippen LogP contribution in [0, 0.1) is 13.8 Å². The molecule has 2 aromatic heterocycles. The molecule has 0 saturated heterocycles. The van der Waals surface area contributed by atoms with Crippen LogP contribution in [0.25, 0.3) is 11.3 Å². The van der Waals surface area contributed by atoms with Crippen molar-refractivity contribution in [2.45, 2.75) is 33.7 Å². The van der Waals surface area contributed by atoms with Crippen LogP contribution in [0.15, 0.2) is 18.3 Å². The van der Waals surface area contributed by atoms with Crippen LogP contribution in [0.5, 0.6) is 0 Å². The molecule has 0 unspecified atom stereocenters. The lowest BCUT2D eigenvalue weighted by atomic mass is 10.2. The largest absolute Gasteiger partial charge is 0.262 e. The van der Waals surface area contributed by atoms with E-state index in [1.54, 1.807) is 0 Å². The molecule has 15 heavy (non-hydrogen) atoms. The second-order valence-corrected chi connectivity index (χ2v) is 5.54. The summed E-state index contributed by atoms with van der Waals surface area (Å²) < 4.78 is 2.08. The van der Waals surface area contributed by atoms with Gasteiger partial charge in [0.05, 0.1) is 5.69 Å². The SMILES string of the molecule is Cc1cc(-c2ccnn2C(C)C)c(C)s1. The van der Waals surface area contributed by atoms with Gasteiger partial charge < -0.3 is 0 Å². The summed E-state index contributed by atoms with van der Waals surface area (Å²) >= 11 is 1.85. The minimum absolute atomic E-state index is 0.412. The molecular formula is C12H16N2S. The Morgan fingerprint density at radius 1 is 1.33 bits per heavy atom. The molecule has 0 aliphatic heterocycles. The third-order valence-electron chi connectivity index (χ3n) is 2.48. The predicted molar refractivity (Wildman–Crippen MR) is 65.4 cm³/mol. The molecule has 0 aromatic carbocycles. The van der Waals surface area contributed by atoms with Crippen LogP contribution in [0.2, 0.25) is 0 Å². The maximum absolute atomic E-state index is 4.36. The maximum atomic E-state index is 4.36. The fraction of sp³-hybridized carbons (Fsp3) is 0.417. The molecule has 2 aromatic rings. The van der Waals surface area contributed by atoms with Gasteiger partial charge in [-0.25, -0.2) is 0 Å². The number of thiophene rings is 1. The number of hydrogen-bond acceptors (Lipinski definition) is 2. The molecule has 0 aliphatic rings. The monoisotopic (exact) mass is 220 g/mol. The van der Waals surface area contributed by atoms with Gasteiger partial charge in [0.15, 0.2) is 0 Å². The van der Waals surface area contributed by atoms with Crippen molar-refractivity contribution in [3.05, 3.63) is 28.1 Å². The normalized spacial score (nSPS) is 11.3. The molecule has 2 nitrogen and oxygen atoms in total. The van der Waals surface area contributed by atoms with Crippen molar-refractivity contribution < 1.29 is 0 Å². The predicted octanol–water partition coefficient (Wildman–Crippen LogP) is 3.81. The van der Waals surface area contributed by atoms with Crippen LogP contribution < -0.4 is 0 Å². The summed E-state index contributed by atoms with van der Waals surface area (Å²) in [5.74, 6) is 0. The molecule has 0 bridgehead atoms. The highest BCUT2D eigenvalue weighted by Crippen LogP contribution is 2.31. The van der Waals surface area contributed by atoms with Crippen LogP contribution in [0.3, 0.4) is 0 Å². The standard InChI is InChI=1S/C12H16N2S/c1-8(2)14-12(5-6-13-14)11-7-9(3)15-10(11)4/h5-8H,1-4H3. The quantitative estimate of drug-likeness (QED) is 0.752. The molecule has 0 fully saturated rings.